The van der Waals surface area contributed by atoms with Crippen molar-refractivity contribution in [1.82, 2.24) is 4.31 Å². The van der Waals surface area contributed by atoms with Crippen molar-refractivity contribution in [3.05, 3.63) is 53.1 Å². The second-order valence-corrected chi connectivity index (χ2v) is 10.5. The van der Waals surface area contributed by atoms with Crippen LogP contribution in [-0.2, 0) is 21.2 Å². The molecule has 0 aromatic heterocycles. The van der Waals surface area contributed by atoms with Crippen LogP contribution in [0.1, 0.15) is 36.0 Å². The van der Waals surface area contributed by atoms with Crippen molar-refractivity contribution < 1.29 is 17.9 Å². The van der Waals surface area contributed by atoms with Crippen LogP contribution in [0.2, 0.25) is 0 Å². The fourth-order valence-electron chi connectivity index (χ4n) is 4.76. The Morgan fingerprint density at radius 3 is 2.35 bits per heavy atom. The molecule has 2 aliphatic heterocycles. The minimum atomic E-state index is -3.57. The van der Waals surface area contributed by atoms with Crippen molar-refractivity contribution in [2.45, 2.75) is 44.4 Å². The van der Waals surface area contributed by atoms with E-state index in [1.165, 1.54) is 15.4 Å². The van der Waals surface area contributed by atoms with E-state index >= 15 is 0 Å². The smallest absolute Gasteiger partial charge is 0.243 e. The quantitative estimate of drug-likeness (QED) is 0.724. The van der Waals surface area contributed by atoms with Crippen LogP contribution in [0, 0.1) is 19.8 Å². The van der Waals surface area contributed by atoms with Crippen LogP contribution in [0.25, 0.3) is 0 Å². The summed E-state index contributed by atoms with van der Waals surface area (Å²) >= 11 is 0. The lowest BCUT2D eigenvalue weighted by Crippen LogP contribution is -2.45. The number of sulfonamides is 1. The summed E-state index contributed by atoms with van der Waals surface area (Å²) < 4.78 is 32.6. The highest BCUT2D eigenvalue weighted by molar-refractivity contribution is 7.89. The Labute approximate surface area is 184 Å². The van der Waals surface area contributed by atoms with Crippen molar-refractivity contribution in [2.24, 2.45) is 5.92 Å². The molecule has 31 heavy (non-hydrogen) atoms. The second-order valence-electron chi connectivity index (χ2n) is 8.53. The Kier molecular flexibility index (Phi) is 6.08. The molecule has 0 aliphatic carbocycles. The van der Waals surface area contributed by atoms with E-state index in [-0.39, 0.29) is 16.7 Å². The predicted octanol–water partition coefficient (Wildman–Crippen LogP) is 3.69. The molecule has 2 heterocycles. The SMILES string of the molecule is COc1ccc(S(=O)(=O)N2CCC(C(=O)N3CCCc4c(C)cc(C)cc43)CC2)cc1. The number of carbonyl (C=O) groups is 1. The average molecular weight is 443 g/mol. The van der Waals surface area contributed by atoms with Crippen molar-refractivity contribution in [3.8, 4) is 5.75 Å². The number of hydrogen-bond acceptors (Lipinski definition) is 4. The molecule has 1 fully saturated rings. The topological polar surface area (TPSA) is 66.9 Å². The van der Waals surface area contributed by atoms with Crippen LogP contribution in [-0.4, -0.2) is 45.4 Å². The van der Waals surface area contributed by atoms with Crippen LogP contribution in [0.3, 0.4) is 0 Å². The van der Waals surface area contributed by atoms with Crippen molar-refractivity contribution in [3.63, 3.8) is 0 Å². The number of benzene rings is 2. The Bertz CT molecular complexity index is 1070. The van der Waals surface area contributed by atoms with E-state index in [1.807, 2.05) is 4.90 Å². The first-order valence-corrected chi connectivity index (χ1v) is 12.3. The number of hydrogen-bond donors (Lipinski definition) is 0. The number of nitrogens with zero attached hydrogens (tertiary/aromatic N) is 2. The molecule has 4 rings (SSSR count). The molecular weight excluding hydrogens is 412 g/mol. The molecule has 6 nitrogen and oxygen atoms in total. The van der Waals surface area contributed by atoms with E-state index in [0.717, 1.165) is 30.6 Å². The van der Waals surface area contributed by atoms with Crippen LogP contribution >= 0.6 is 0 Å². The lowest BCUT2D eigenvalue weighted by molar-refractivity contribution is -0.123. The maximum Gasteiger partial charge on any atom is 0.243 e. The van der Waals surface area contributed by atoms with Gasteiger partial charge in [0.25, 0.3) is 0 Å². The second kappa shape index (κ2) is 8.63. The summed E-state index contributed by atoms with van der Waals surface area (Å²) in [7, 11) is -2.02. The number of ether oxygens (including phenoxy) is 1. The van der Waals surface area contributed by atoms with E-state index in [0.29, 0.717) is 31.7 Å². The van der Waals surface area contributed by atoms with E-state index in [2.05, 4.69) is 26.0 Å². The van der Waals surface area contributed by atoms with E-state index in [4.69, 9.17) is 4.74 Å². The van der Waals surface area contributed by atoms with E-state index in [9.17, 15) is 13.2 Å². The van der Waals surface area contributed by atoms with Crippen LogP contribution in [0.15, 0.2) is 41.3 Å². The standard InChI is InChI=1S/C24H30N2O4S/c1-17-15-18(2)22-5-4-12-26(23(22)16-17)24(27)19-10-13-25(14-11-19)31(28,29)21-8-6-20(30-3)7-9-21/h6-9,15-16,19H,4-5,10-14H2,1-3H3. The monoisotopic (exact) mass is 442 g/mol. The molecule has 0 unspecified atom stereocenters. The molecule has 2 aromatic rings. The van der Waals surface area contributed by atoms with Crippen molar-refractivity contribution in [1.29, 1.82) is 0 Å². The number of carbonyl (C=O) groups excluding carboxylic acids is 1. The van der Waals surface area contributed by atoms with Gasteiger partial charge in [-0.15, -0.1) is 0 Å². The number of aryl methyl sites for hydroxylation is 2. The summed E-state index contributed by atoms with van der Waals surface area (Å²) in [6.07, 6.45) is 3.06. The molecular formula is C24H30N2O4S. The fourth-order valence-corrected chi connectivity index (χ4v) is 6.23. The van der Waals surface area contributed by atoms with Gasteiger partial charge < -0.3 is 9.64 Å². The molecule has 2 aliphatic rings. The third kappa shape index (κ3) is 4.21. The largest absolute Gasteiger partial charge is 0.497 e. The molecule has 2 aromatic carbocycles. The maximum atomic E-state index is 13.4. The van der Waals surface area contributed by atoms with Gasteiger partial charge in [-0.05, 0) is 86.6 Å². The molecule has 0 N–H and O–H groups in total. The molecule has 166 valence electrons. The highest BCUT2D eigenvalue weighted by atomic mass is 32.2. The number of amides is 1. The minimum absolute atomic E-state index is 0.132. The molecule has 7 heteroatoms. The third-order valence-electron chi connectivity index (χ3n) is 6.46. The van der Waals surface area contributed by atoms with Gasteiger partial charge in [-0.1, -0.05) is 6.07 Å². The fraction of sp³-hybridized carbons (Fsp3) is 0.458. The highest BCUT2D eigenvalue weighted by Crippen LogP contribution is 2.34. The van der Waals surface area contributed by atoms with Crippen molar-refractivity contribution >= 4 is 21.6 Å². The Hall–Kier alpha value is -2.38. The van der Waals surface area contributed by atoms with Crippen LogP contribution in [0.5, 0.6) is 5.75 Å². The zero-order chi connectivity index (χ0) is 22.2. The van der Waals surface area contributed by atoms with Crippen molar-refractivity contribution in [2.75, 3.05) is 31.6 Å². The van der Waals surface area contributed by atoms with Crippen LogP contribution < -0.4 is 9.64 Å². The summed E-state index contributed by atoms with van der Waals surface area (Å²) in [6.45, 7) is 5.63. The number of piperidine rings is 1. The number of rotatable bonds is 4. The molecule has 0 atom stereocenters. The molecule has 1 amide bonds. The van der Waals surface area contributed by atoms with Gasteiger partial charge in [0.1, 0.15) is 5.75 Å². The number of anilines is 1. The van der Waals surface area contributed by atoms with Gasteiger partial charge in [0.05, 0.1) is 12.0 Å². The molecule has 1 saturated heterocycles. The summed E-state index contributed by atoms with van der Waals surface area (Å²) in [5, 5.41) is 0. The Balaban J connectivity index is 1.46. The lowest BCUT2D eigenvalue weighted by atomic mass is 9.91. The van der Waals surface area contributed by atoms with Crippen LogP contribution in [0.4, 0.5) is 5.69 Å². The minimum Gasteiger partial charge on any atom is -0.497 e. The lowest BCUT2D eigenvalue weighted by Gasteiger charge is -2.36. The van der Waals surface area contributed by atoms with Gasteiger partial charge in [0.2, 0.25) is 15.9 Å². The summed E-state index contributed by atoms with van der Waals surface area (Å²) in [4.78, 5) is 15.6. The van der Waals surface area contributed by atoms with Gasteiger partial charge in [0, 0.05) is 31.2 Å². The molecule has 0 bridgehead atoms. The van der Waals surface area contributed by atoms with Gasteiger partial charge in [-0.3, -0.25) is 4.79 Å². The zero-order valence-corrected chi connectivity index (χ0v) is 19.2. The normalized spacial score (nSPS) is 18.0. The first kappa shape index (κ1) is 21.8. The molecule has 0 spiro atoms. The summed E-state index contributed by atoms with van der Waals surface area (Å²) in [5.74, 6) is 0.608. The van der Waals surface area contributed by atoms with Gasteiger partial charge in [-0.25, -0.2) is 8.42 Å². The predicted molar refractivity (Wildman–Crippen MR) is 121 cm³/mol. The van der Waals surface area contributed by atoms with Gasteiger partial charge in [0.15, 0.2) is 0 Å². The molecule has 0 radical (unpaired) electrons. The molecule has 0 saturated carbocycles. The number of fused-ring (bicyclic) bond motifs is 1. The first-order valence-electron chi connectivity index (χ1n) is 10.9. The average Bonchev–Trinajstić information content (AvgIpc) is 2.78. The highest BCUT2D eigenvalue weighted by Gasteiger charge is 2.35. The van der Waals surface area contributed by atoms with Gasteiger partial charge in [-0.2, -0.15) is 4.31 Å². The van der Waals surface area contributed by atoms with E-state index in [1.54, 1.807) is 31.4 Å². The number of methoxy groups -OCH3 is 1. The summed E-state index contributed by atoms with van der Waals surface area (Å²) in [6, 6.07) is 10.7. The zero-order valence-electron chi connectivity index (χ0n) is 18.4. The Morgan fingerprint density at radius 1 is 1.03 bits per heavy atom. The van der Waals surface area contributed by atoms with E-state index < -0.39 is 10.0 Å². The third-order valence-corrected chi connectivity index (χ3v) is 8.37. The summed E-state index contributed by atoms with van der Waals surface area (Å²) in [5.41, 5.74) is 4.72. The maximum absolute atomic E-state index is 13.4. The first-order chi connectivity index (χ1) is 14.8. The Morgan fingerprint density at radius 2 is 1.71 bits per heavy atom. The van der Waals surface area contributed by atoms with Gasteiger partial charge >= 0.3 is 0 Å².